The van der Waals surface area contributed by atoms with Crippen molar-refractivity contribution in [1.29, 1.82) is 0 Å². The summed E-state index contributed by atoms with van der Waals surface area (Å²) in [6.45, 7) is 3.32. The van der Waals surface area contributed by atoms with Gasteiger partial charge in [-0.15, -0.1) is 0 Å². The standard InChI is InChI=1S/C17H23NO2/c1-2-10-20-17(19)18-9-5-8-15-11-13-6-3-4-7-14(13)12-16(15)18/h11-12H,2-10H2,1H3. The molecule has 0 atom stereocenters. The lowest BCUT2D eigenvalue weighted by atomic mass is 9.87. The number of carbonyl (C=O) groups is 1. The highest BCUT2D eigenvalue weighted by Crippen LogP contribution is 2.33. The Balaban J connectivity index is 1.89. The van der Waals surface area contributed by atoms with Gasteiger partial charge in [0.25, 0.3) is 0 Å². The van der Waals surface area contributed by atoms with Crippen molar-refractivity contribution >= 4 is 11.8 Å². The van der Waals surface area contributed by atoms with E-state index in [0.29, 0.717) is 6.61 Å². The highest BCUT2D eigenvalue weighted by atomic mass is 16.6. The molecule has 0 spiro atoms. The topological polar surface area (TPSA) is 29.5 Å². The van der Waals surface area contributed by atoms with Crippen LogP contribution >= 0.6 is 0 Å². The van der Waals surface area contributed by atoms with Crippen LogP contribution in [0.25, 0.3) is 0 Å². The van der Waals surface area contributed by atoms with Crippen LogP contribution in [0.2, 0.25) is 0 Å². The van der Waals surface area contributed by atoms with E-state index in [1.54, 1.807) is 0 Å². The summed E-state index contributed by atoms with van der Waals surface area (Å²) >= 11 is 0. The number of benzene rings is 1. The van der Waals surface area contributed by atoms with Crippen LogP contribution in [0.15, 0.2) is 12.1 Å². The fourth-order valence-corrected chi connectivity index (χ4v) is 3.28. The summed E-state index contributed by atoms with van der Waals surface area (Å²) in [5.74, 6) is 0. The number of nitrogens with zero attached hydrogens (tertiary/aromatic N) is 1. The Morgan fingerprint density at radius 1 is 1.10 bits per heavy atom. The van der Waals surface area contributed by atoms with Crippen molar-refractivity contribution in [2.24, 2.45) is 0 Å². The largest absolute Gasteiger partial charge is 0.449 e. The first kappa shape index (κ1) is 13.5. The van der Waals surface area contributed by atoms with Crippen LogP contribution < -0.4 is 4.90 Å². The maximum atomic E-state index is 12.2. The zero-order chi connectivity index (χ0) is 13.9. The Kier molecular flexibility index (Phi) is 3.95. The van der Waals surface area contributed by atoms with E-state index in [1.165, 1.54) is 36.0 Å². The fraction of sp³-hybridized carbons (Fsp3) is 0.588. The highest BCUT2D eigenvalue weighted by molar-refractivity contribution is 5.89. The lowest BCUT2D eigenvalue weighted by Crippen LogP contribution is -2.36. The lowest BCUT2D eigenvalue weighted by molar-refractivity contribution is 0.153. The minimum absolute atomic E-state index is 0.177. The van der Waals surface area contributed by atoms with Crippen LogP contribution in [0, 0.1) is 0 Å². The number of rotatable bonds is 2. The normalized spacial score (nSPS) is 17.4. The van der Waals surface area contributed by atoms with E-state index >= 15 is 0 Å². The van der Waals surface area contributed by atoms with E-state index in [1.807, 2.05) is 11.8 Å². The molecular weight excluding hydrogens is 250 g/mol. The minimum atomic E-state index is -0.177. The molecule has 0 N–H and O–H groups in total. The van der Waals surface area contributed by atoms with Gasteiger partial charge in [-0.3, -0.25) is 4.90 Å². The molecule has 0 saturated carbocycles. The van der Waals surface area contributed by atoms with Gasteiger partial charge >= 0.3 is 6.09 Å². The van der Waals surface area contributed by atoms with Crippen LogP contribution in [0.4, 0.5) is 10.5 Å². The van der Waals surface area contributed by atoms with E-state index in [9.17, 15) is 4.79 Å². The molecule has 3 nitrogen and oxygen atoms in total. The summed E-state index contributed by atoms with van der Waals surface area (Å²) in [4.78, 5) is 14.0. The summed E-state index contributed by atoms with van der Waals surface area (Å²) in [6.07, 6.45) is 7.73. The second kappa shape index (κ2) is 5.86. The van der Waals surface area contributed by atoms with Crippen LogP contribution in [0.5, 0.6) is 0 Å². The van der Waals surface area contributed by atoms with Gasteiger partial charge in [0.05, 0.1) is 12.3 Å². The molecule has 108 valence electrons. The molecule has 0 radical (unpaired) electrons. The molecule has 0 unspecified atom stereocenters. The second-order valence-electron chi connectivity index (χ2n) is 5.83. The van der Waals surface area contributed by atoms with Crippen LogP contribution in [0.3, 0.4) is 0 Å². The van der Waals surface area contributed by atoms with Crippen LogP contribution in [-0.2, 0) is 24.0 Å². The number of anilines is 1. The van der Waals surface area contributed by atoms with E-state index in [4.69, 9.17) is 4.74 Å². The summed E-state index contributed by atoms with van der Waals surface area (Å²) in [5, 5.41) is 0. The van der Waals surface area contributed by atoms with Gasteiger partial charge in [-0.25, -0.2) is 4.79 Å². The number of hydrogen-bond donors (Lipinski definition) is 0. The predicted octanol–water partition coefficient (Wildman–Crippen LogP) is 3.86. The molecule has 0 fully saturated rings. The van der Waals surface area contributed by atoms with Crippen molar-refractivity contribution in [3.63, 3.8) is 0 Å². The van der Waals surface area contributed by atoms with Gasteiger partial charge in [-0.2, -0.15) is 0 Å². The second-order valence-corrected chi connectivity index (χ2v) is 5.83. The third-order valence-electron chi connectivity index (χ3n) is 4.31. The first-order chi connectivity index (χ1) is 9.79. The monoisotopic (exact) mass is 273 g/mol. The van der Waals surface area contributed by atoms with Gasteiger partial charge in [0.1, 0.15) is 0 Å². The molecule has 1 aromatic rings. The van der Waals surface area contributed by atoms with Gasteiger partial charge in [0.2, 0.25) is 0 Å². The van der Waals surface area contributed by atoms with Crippen LogP contribution in [0.1, 0.15) is 49.3 Å². The molecule has 3 rings (SSSR count). The summed E-state index contributed by atoms with van der Waals surface area (Å²) in [5.41, 5.74) is 5.35. The maximum absolute atomic E-state index is 12.2. The van der Waals surface area contributed by atoms with Crippen molar-refractivity contribution in [2.75, 3.05) is 18.1 Å². The zero-order valence-corrected chi connectivity index (χ0v) is 12.3. The Bertz CT molecular complexity index is 510. The molecular formula is C17H23NO2. The van der Waals surface area contributed by atoms with Gasteiger partial charge in [-0.1, -0.05) is 13.0 Å². The molecule has 0 bridgehead atoms. The average Bonchev–Trinajstić information content (AvgIpc) is 2.50. The molecule has 1 amide bonds. The van der Waals surface area contributed by atoms with E-state index < -0.39 is 0 Å². The third-order valence-corrected chi connectivity index (χ3v) is 4.31. The molecule has 0 saturated heterocycles. The first-order valence-corrected chi connectivity index (χ1v) is 7.88. The molecule has 1 aliphatic heterocycles. The number of hydrogen-bond acceptors (Lipinski definition) is 2. The van der Waals surface area contributed by atoms with Crippen molar-refractivity contribution in [3.05, 3.63) is 28.8 Å². The fourth-order valence-electron chi connectivity index (χ4n) is 3.28. The van der Waals surface area contributed by atoms with Gasteiger partial charge in [0, 0.05) is 6.54 Å². The van der Waals surface area contributed by atoms with Crippen molar-refractivity contribution < 1.29 is 9.53 Å². The van der Waals surface area contributed by atoms with E-state index in [2.05, 4.69) is 12.1 Å². The van der Waals surface area contributed by atoms with E-state index in [-0.39, 0.29) is 6.09 Å². The van der Waals surface area contributed by atoms with Crippen molar-refractivity contribution in [2.45, 2.75) is 51.9 Å². The summed E-state index contributed by atoms with van der Waals surface area (Å²) in [6, 6.07) is 4.58. The Hall–Kier alpha value is -1.51. The molecule has 2 aliphatic rings. The number of aryl methyl sites for hydroxylation is 3. The number of ether oxygens (including phenoxy) is 1. The number of carbonyl (C=O) groups excluding carboxylic acids is 1. The smallest absolute Gasteiger partial charge is 0.414 e. The Morgan fingerprint density at radius 3 is 2.55 bits per heavy atom. The zero-order valence-electron chi connectivity index (χ0n) is 12.3. The molecule has 20 heavy (non-hydrogen) atoms. The third kappa shape index (κ3) is 2.54. The lowest BCUT2D eigenvalue weighted by Gasteiger charge is -2.31. The average molecular weight is 273 g/mol. The molecule has 1 heterocycles. The first-order valence-electron chi connectivity index (χ1n) is 7.88. The van der Waals surface area contributed by atoms with Crippen molar-refractivity contribution in [3.8, 4) is 0 Å². The predicted molar refractivity (Wildman–Crippen MR) is 80.4 cm³/mol. The number of fused-ring (bicyclic) bond motifs is 2. The Labute approximate surface area is 120 Å². The Morgan fingerprint density at radius 2 is 1.80 bits per heavy atom. The maximum Gasteiger partial charge on any atom is 0.414 e. The quantitative estimate of drug-likeness (QED) is 0.818. The summed E-state index contributed by atoms with van der Waals surface area (Å²) in [7, 11) is 0. The molecule has 3 heteroatoms. The van der Waals surface area contributed by atoms with Gasteiger partial charge in [-0.05, 0) is 67.7 Å². The van der Waals surface area contributed by atoms with Gasteiger partial charge in [0.15, 0.2) is 0 Å². The molecule has 1 aliphatic carbocycles. The van der Waals surface area contributed by atoms with E-state index in [0.717, 1.165) is 37.9 Å². The van der Waals surface area contributed by atoms with Gasteiger partial charge < -0.3 is 4.74 Å². The van der Waals surface area contributed by atoms with Crippen molar-refractivity contribution in [1.82, 2.24) is 0 Å². The summed E-state index contributed by atoms with van der Waals surface area (Å²) < 4.78 is 5.32. The molecule has 1 aromatic carbocycles. The highest BCUT2D eigenvalue weighted by Gasteiger charge is 2.25. The SMILES string of the molecule is CCCOC(=O)N1CCCc2cc3c(cc21)CCCC3. The van der Waals surface area contributed by atoms with Crippen LogP contribution in [-0.4, -0.2) is 19.2 Å². The molecule has 0 aromatic heterocycles. The number of amides is 1. The minimum Gasteiger partial charge on any atom is -0.449 e.